The predicted octanol–water partition coefficient (Wildman–Crippen LogP) is 2.74. The first kappa shape index (κ1) is 13.0. The van der Waals surface area contributed by atoms with Crippen LogP contribution in [0, 0.1) is 0 Å². The normalized spacial score (nSPS) is 21.8. The molecule has 1 aliphatic heterocycles. The van der Waals surface area contributed by atoms with Gasteiger partial charge in [0.1, 0.15) is 0 Å². The van der Waals surface area contributed by atoms with E-state index < -0.39 is 0 Å². The van der Waals surface area contributed by atoms with Gasteiger partial charge in [-0.05, 0) is 18.9 Å². The van der Waals surface area contributed by atoms with Crippen molar-refractivity contribution in [2.75, 3.05) is 24.5 Å². The first-order chi connectivity index (χ1) is 10.4. The van der Waals surface area contributed by atoms with Crippen LogP contribution >= 0.6 is 0 Å². The molecule has 1 aliphatic carbocycles. The molecule has 2 aliphatic rings. The molecule has 1 saturated carbocycles. The fourth-order valence-electron chi connectivity index (χ4n) is 3.91. The molecule has 2 heterocycles. The van der Waals surface area contributed by atoms with Crippen LogP contribution in [0.5, 0.6) is 0 Å². The summed E-state index contributed by atoms with van der Waals surface area (Å²) < 4.78 is 0. The van der Waals surface area contributed by atoms with Crippen molar-refractivity contribution in [1.82, 2.24) is 15.3 Å². The van der Waals surface area contributed by atoms with Crippen LogP contribution in [0.3, 0.4) is 0 Å². The van der Waals surface area contributed by atoms with Crippen molar-refractivity contribution in [3.63, 3.8) is 0 Å². The summed E-state index contributed by atoms with van der Waals surface area (Å²) in [4.78, 5) is 12.0. The number of piperazine rings is 1. The van der Waals surface area contributed by atoms with Crippen molar-refractivity contribution < 1.29 is 0 Å². The quantitative estimate of drug-likeness (QED) is 0.873. The third-order valence-corrected chi connectivity index (χ3v) is 5.04. The number of fused-ring (bicyclic) bond motifs is 1. The van der Waals surface area contributed by atoms with E-state index >= 15 is 0 Å². The molecule has 1 aromatic carbocycles. The molecule has 1 aromatic heterocycles. The van der Waals surface area contributed by atoms with Crippen molar-refractivity contribution >= 4 is 16.9 Å². The maximum absolute atomic E-state index is 4.84. The average molecular weight is 282 g/mol. The number of hydrogen-bond acceptors (Lipinski definition) is 4. The lowest BCUT2D eigenvalue weighted by atomic mass is 9.79. The summed E-state index contributed by atoms with van der Waals surface area (Å²) in [5.74, 6) is 0.914. The summed E-state index contributed by atoms with van der Waals surface area (Å²) in [6.07, 6.45) is 8.51. The first-order valence-electron chi connectivity index (χ1n) is 8.08. The Kier molecular flexibility index (Phi) is 3.26. The topological polar surface area (TPSA) is 41.1 Å². The highest BCUT2D eigenvalue weighted by molar-refractivity contribution is 5.78. The van der Waals surface area contributed by atoms with Crippen LogP contribution in [-0.4, -0.2) is 35.1 Å². The molecule has 110 valence electrons. The number of benzene rings is 1. The predicted molar refractivity (Wildman–Crippen MR) is 85.6 cm³/mol. The van der Waals surface area contributed by atoms with Gasteiger partial charge in [0.05, 0.1) is 11.1 Å². The van der Waals surface area contributed by atoms with Crippen molar-refractivity contribution in [1.29, 1.82) is 0 Å². The van der Waals surface area contributed by atoms with E-state index in [9.17, 15) is 0 Å². The van der Waals surface area contributed by atoms with Gasteiger partial charge in [0.25, 0.3) is 0 Å². The SMILES string of the molecule is c1ccc2nc(N3CCNCC34CCCCC4)ncc2c1. The highest BCUT2D eigenvalue weighted by Crippen LogP contribution is 2.36. The Bertz CT molecular complexity index is 625. The van der Waals surface area contributed by atoms with Gasteiger partial charge in [-0.25, -0.2) is 9.97 Å². The third-order valence-electron chi connectivity index (χ3n) is 5.04. The van der Waals surface area contributed by atoms with Crippen LogP contribution in [0.4, 0.5) is 5.95 Å². The van der Waals surface area contributed by atoms with Crippen LogP contribution < -0.4 is 10.2 Å². The zero-order chi connectivity index (χ0) is 14.1. The molecule has 0 atom stereocenters. The summed E-state index contributed by atoms with van der Waals surface area (Å²) >= 11 is 0. The number of nitrogens with zero attached hydrogens (tertiary/aromatic N) is 3. The Morgan fingerprint density at radius 2 is 1.95 bits per heavy atom. The highest BCUT2D eigenvalue weighted by atomic mass is 15.3. The molecular weight excluding hydrogens is 260 g/mol. The number of nitrogens with one attached hydrogen (secondary N) is 1. The van der Waals surface area contributed by atoms with Crippen molar-refractivity contribution in [3.05, 3.63) is 30.5 Å². The molecular formula is C17H22N4. The Morgan fingerprint density at radius 1 is 1.10 bits per heavy atom. The maximum Gasteiger partial charge on any atom is 0.226 e. The van der Waals surface area contributed by atoms with Crippen LogP contribution in [0.1, 0.15) is 32.1 Å². The van der Waals surface area contributed by atoms with E-state index in [-0.39, 0.29) is 5.54 Å². The summed E-state index contributed by atoms with van der Waals surface area (Å²) in [7, 11) is 0. The summed E-state index contributed by atoms with van der Waals surface area (Å²) in [5.41, 5.74) is 1.28. The summed E-state index contributed by atoms with van der Waals surface area (Å²) in [6, 6.07) is 8.25. The van der Waals surface area contributed by atoms with E-state index in [1.54, 1.807) is 0 Å². The van der Waals surface area contributed by atoms with Gasteiger partial charge < -0.3 is 10.2 Å². The standard InChI is InChI=1S/C17H22N4/c1-4-8-17(9-5-1)13-18-10-11-21(17)16-19-12-14-6-2-3-7-15(14)20-16/h2-3,6-7,12,18H,1,4-5,8-11,13H2. The van der Waals surface area contributed by atoms with E-state index in [0.29, 0.717) is 0 Å². The fraction of sp³-hybridized carbons (Fsp3) is 0.529. The van der Waals surface area contributed by atoms with Gasteiger partial charge >= 0.3 is 0 Å². The Balaban J connectivity index is 1.74. The molecule has 4 heteroatoms. The molecule has 4 rings (SSSR count). The van der Waals surface area contributed by atoms with Crippen LogP contribution in [0.2, 0.25) is 0 Å². The average Bonchev–Trinajstić information content (AvgIpc) is 2.56. The number of anilines is 1. The molecule has 0 radical (unpaired) electrons. The molecule has 0 bridgehead atoms. The van der Waals surface area contributed by atoms with E-state index in [4.69, 9.17) is 4.98 Å². The zero-order valence-electron chi connectivity index (χ0n) is 12.4. The number of aromatic nitrogens is 2. The van der Waals surface area contributed by atoms with Gasteiger partial charge in [0, 0.05) is 31.2 Å². The minimum atomic E-state index is 0.235. The molecule has 2 aromatic rings. The molecule has 1 N–H and O–H groups in total. The summed E-state index contributed by atoms with van der Waals surface area (Å²) in [5, 5.41) is 4.70. The fourth-order valence-corrected chi connectivity index (χ4v) is 3.91. The monoisotopic (exact) mass is 282 g/mol. The van der Waals surface area contributed by atoms with Crippen molar-refractivity contribution in [2.45, 2.75) is 37.6 Å². The molecule has 0 amide bonds. The van der Waals surface area contributed by atoms with Gasteiger partial charge in [-0.2, -0.15) is 0 Å². The van der Waals surface area contributed by atoms with Crippen LogP contribution in [0.25, 0.3) is 10.9 Å². The largest absolute Gasteiger partial charge is 0.333 e. The molecule has 1 saturated heterocycles. The molecule has 1 spiro atoms. The lowest BCUT2D eigenvalue weighted by Crippen LogP contribution is -2.62. The van der Waals surface area contributed by atoms with Crippen molar-refractivity contribution in [3.8, 4) is 0 Å². The van der Waals surface area contributed by atoms with Gasteiger partial charge in [-0.1, -0.05) is 37.5 Å². The number of para-hydroxylation sites is 1. The molecule has 4 nitrogen and oxygen atoms in total. The molecule has 2 fully saturated rings. The Hall–Kier alpha value is -1.68. The smallest absolute Gasteiger partial charge is 0.226 e. The van der Waals surface area contributed by atoms with Gasteiger partial charge in [0.2, 0.25) is 5.95 Å². The second-order valence-corrected chi connectivity index (χ2v) is 6.34. The second-order valence-electron chi connectivity index (χ2n) is 6.34. The minimum absolute atomic E-state index is 0.235. The first-order valence-corrected chi connectivity index (χ1v) is 8.08. The van der Waals surface area contributed by atoms with Crippen LogP contribution in [-0.2, 0) is 0 Å². The maximum atomic E-state index is 4.84. The third kappa shape index (κ3) is 2.27. The lowest BCUT2D eigenvalue weighted by molar-refractivity contribution is 0.238. The van der Waals surface area contributed by atoms with Crippen molar-refractivity contribution in [2.24, 2.45) is 0 Å². The number of hydrogen-bond donors (Lipinski definition) is 1. The van der Waals surface area contributed by atoms with Gasteiger partial charge in [-0.15, -0.1) is 0 Å². The molecule has 21 heavy (non-hydrogen) atoms. The van der Waals surface area contributed by atoms with E-state index in [2.05, 4.69) is 27.3 Å². The molecule has 0 unspecified atom stereocenters. The lowest BCUT2D eigenvalue weighted by Gasteiger charge is -2.49. The van der Waals surface area contributed by atoms with Gasteiger partial charge in [0.15, 0.2) is 0 Å². The Morgan fingerprint density at radius 3 is 2.86 bits per heavy atom. The van der Waals surface area contributed by atoms with Gasteiger partial charge in [-0.3, -0.25) is 0 Å². The van der Waals surface area contributed by atoms with E-state index in [1.165, 1.54) is 32.1 Å². The zero-order valence-corrected chi connectivity index (χ0v) is 12.4. The number of rotatable bonds is 1. The minimum Gasteiger partial charge on any atom is -0.333 e. The van der Waals surface area contributed by atoms with Crippen LogP contribution in [0.15, 0.2) is 30.5 Å². The van der Waals surface area contributed by atoms with E-state index in [1.807, 2.05) is 18.3 Å². The Labute approximate surface area is 125 Å². The van der Waals surface area contributed by atoms with E-state index in [0.717, 1.165) is 36.5 Å². The summed E-state index contributed by atoms with van der Waals surface area (Å²) in [6.45, 7) is 3.11. The second kappa shape index (κ2) is 5.26. The highest BCUT2D eigenvalue weighted by Gasteiger charge is 2.41.